The van der Waals surface area contributed by atoms with Crippen LogP contribution in [0.4, 0.5) is 0 Å². The monoisotopic (exact) mass is 479 g/mol. The molecule has 3 rings (SSSR count). The maximum Gasteiger partial charge on any atom is 0.261 e. The van der Waals surface area contributed by atoms with Crippen LogP contribution >= 0.6 is 57.7 Å². The van der Waals surface area contributed by atoms with E-state index in [0.717, 1.165) is 11.1 Å². The molecule has 0 spiro atoms. The van der Waals surface area contributed by atoms with E-state index in [4.69, 9.17) is 52.1 Å². The Morgan fingerprint density at radius 1 is 1.36 bits per heavy atom. The molecule has 1 amide bonds. The third-order valence-electron chi connectivity index (χ3n) is 4.32. The summed E-state index contributed by atoms with van der Waals surface area (Å²) in [5.41, 5.74) is 6.86. The summed E-state index contributed by atoms with van der Waals surface area (Å²) in [6.07, 6.45) is 0.483. The summed E-state index contributed by atoms with van der Waals surface area (Å²) in [7, 11) is 1.75. The van der Waals surface area contributed by atoms with Crippen molar-refractivity contribution in [3.05, 3.63) is 54.7 Å². The molecule has 6 nitrogen and oxygen atoms in total. The number of alkyl halides is 1. The Kier molecular flexibility index (Phi) is 7.07. The number of benzene rings is 1. The average molecular weight is 481 g/mol. The highest BCUT2D eigenvalue weighted by molar-refractivity contribution is 7.18. The van der Waals surface area contributed by atoms with Crippen molar-refractivity contribution in [2.24, 2.45) is 16.1 Å². The standard InChI is InChI=1S/C17H17Cl4N5OS/c1-26-14(15(20)24-25-26)11-6-13(28-16(11)21)17(27)23-10(7-22)4-8-2-3-9(18)5-12(8)19/h2-3,5-6,10,14-15H,4,7,22H2,1H3,(H,23,27)/t10-,14?,15?/m0/s1. The molecule has 2 unspecified atom stereocenters. The minimum absolute atomic E-state index is 0.254. The van der Waals surface area contributed by atoms with Crippen molar-refractivity contribution in [1.29, 1.82) is 0 Å². The zero-order valence-corrected chi connectivity index (χ0v) is 18.5. The first-order valence-corrected chi connectivity index (χ1v) is 10.7. The molecule has 0 bridgehead atoms. The van der Waals surface area contributed by atoms with Crippen molar-refractivity contribution >= 4 is 63.6 Å². The highest BCUT2D eigenvalue weighted by Crippen LogP contribution is 2.40. The third-order valence-corrected chi connectivity index (χ3v) is 6.62. The number of likely N-dealkylation sites (N-methyl/N-ethyl adjacent to an activating group) is 1. The van der Waals surface area contributed by atoms with Crippen LogP contribution in [0.25, 0.3) is 0 Å². The van der Waals surface area contributed by atoms with Crippen LogP contribution in [0, 0.1) is 0 Å². The quantitative estimate of drug-likeness (QED) is 0.454. The Labute approximate surface area is 186 Å². The van der Waals surface area contributed by atoms with Gasteiger partial charge >= 0.3 is 0 Å². The van der Waals surface area contributed by atoms with Gasteiger partial charge in [-0.3, -0.25) is 9.80 Å². The van der Waals surface area contributed by atoms with E-state index < -0.39 is 5.50 Å². The second-order valence-electron chi connectivity index (χ2n) is 6.28. The lowest BCUT2D eigenvalue weighted by Gasteiger charge is -2.18. The summed E-state index contributed by atoms with van der Waals surface area (Å²) in [5, 5.41) is 13.5. The molecule has 0 fully saturated rings. The molecule has 1 aromatic heterocycles. The Morgan fingerprint density at radius 3 is 2.71 bits per heavy atom. The minimum atomic E-state index is -0.558. The maximum absolute atomic E-state index is 12.7. The van der Waals surface area contributed by atoms with Crippen molar-refractivity contribution in [3.8, 4) is 0 Å². The Balaban J connectivity index is 1.72. The highest BCUT2D eigenvalue weighted by Gasteiger charge is 2.33. The van der Waals surface area contributed by atoms with E-state index >= 15 is 0 Å². The van der Waals surface area contributed by atoms with Crippen LogP contribution in [0.2, 0.25) is 14.4 Å². The lowest BCUT2D eigenvalue weighted by atomic mass is 10.1. The van der Waals surface area contributed by atoms with Crippen molar-refractivity contribution in [2.45, 2.75) is 24.0 Å². The fraction of sp³-hybridized carbons (Fsp3) is 0.353. The lowest BCUT2D eigenvalue weighted by molar-refractivity contribution is 0.0942. The molecular weight excluding hydrogens is 464 g/mol. The minimum Gasteiger partial charge on any atom is -0.347 e. The largest absolute Gasteiger partial charge is 0.347 e. The molecule has 1 aliphatic rings. The number of halogens is 4. The number of hydrogen-bond donors (Lipinski definition) is 2. The SMILES string of the molecule is CN1N=NC(Cl)C1c1cc(C(=O)N[C@H](CN)Cc2ccc(Cl)cc2Cl)sc1Cl. The second-order valence-corrected chi connectivity index (χ2v) is 9.23. The van der Waals surface area contributed by atoms with E-state index in [1.807, 2.05) is 6.07 Å². The first-order valence-electron chi connectivity index (χ1n) is 8.32. The summed E-state index contributed by atoms with van der Waals surface area (Å²) in [4.78, 5) is 13.2. The first kappa shape index (κ1) is 21.6. The Hall–Kier alpha value is -1.09. The molecule has 11 heteroatoms. The van der Waals surface area contributed by atoms with Gasteiger partial charge in [-0.15, -0.1) is 16.5 Å². The summed E-state index contributed by atoms with van der Waals surface area (Å²) in [5.74, 6) is -0.265. The smallest absolute Gasteiger partial charge is 0.261 e. The van der Waals surface area contributed by atoms with Crippen LogP contribution in [0.3, 0.4) is 0 Å². The van der Waals surface area contributed by atoms with Crippen molar-refractivity contribution in [3.63, 3.8) is 0 Å². The zero-order valence-electron chi connectivity index (χ0n) is 14.7. The zero-order chi connectivity index (χ0) is 20.4. The predicted molar refractivity (Wildman–Crippen MR) is 115 cm³/mol. The molecule has 1 aromatic carbocycles. The summed E-state index contributed by atoms with van der Waals surface area (Å²) in [6, 6.07) is 6.35. The van der Waals surface area contributed by atoms with Gasteiger partial charge in [0.15, 0.2) is 5.50 Å². The van der Waals surface area contributed by atoms with E-state index in [2.05, 4.69) is 15.7 Å². The molecule has 1 aliphatic heterocycles. The fourth-order valence-electron chi connectivity index (χ4n) is 2.88. The highest BCUT2D eigenvalue weighted by atomic mass is 35.5. The maximum atomic E-state index is 12.7. The average Bonchev–Trinajstić information content (AvgIpc) is 3.18. The lowest BCUT2D eigenvalue weighted by Crippen LogP contribution is -2.41. The van der Waals surface area contributed by atoms with Gasteiger partial charge in [-0.05, 0) is 30.2 Å². The molecule has 2 aromatic rings. The molecule has 0 saturated carbocycles. The number of hydrogen-bond acceptors (Lipinski definition) is 6. The van der Waals surface area contributed by atoms with Gasteiger partial charge in [0.25, 0.3) is 5.91 Å². The molecule has 0 aliphatic carbocycles. The van der Waals surface area contributed by atoms with Gasteiger partial charge in [-0.1, -0.05) is 57.7 Å². The van der Waals surface area contributed by atoms with Gasteiger partial charge in [0, 0.05) is 35.2 Å². The van der Waals surface area contributed by atoms with Crippen LogP contribution in [-0.2, 0) is 6.42 Å². The van der Waals surface area contributed by atoms with Gasteiger partial charge in [0.05, 0.1) is 9.21 Å². The van der Waals surface area contributed by atoms with E-state index in [0.29, 0.717) is 25.7 Å². The molecule has 0 saturated heterocycles. The predicted octanol–water partition coefficient (Wildman–Crippen LogP) is 4.93. The number of nitrogens with two attached hydrogens (primary N) is 1. The van der Waals surface area contributed by atoms with Gasteiger partial charge in [-0.25, -0.2) is 0 Å². The number of thiophene rings is 1. The number of nitrogens with one attached hydrogen (secondary N) is 1. The second kappa shape index (κ2) is 9.15. The molecule has 3 atom stereocenters. The van der Waals surface area contributed by atoms with E-state index in [9.17, 15) is 4.79 Å². The number of amides is 1. The van der Waals surface area contributed by atoms with Gasteiger partial charge < -0.3 is 11.1 Å². The van der Waals surface area contributed by atoms with E-state index in [-0.39, 0.29) is 24.5 Å². The number of nitrogens with zero attached hydrogens (tertiary/aromatic N) is 3. The summed E-state index contributed by atoms with van der Waals surface area (Å²) < 4.78 is 0.477. The third kappa shape index (κ3) is 4.72. The summed E-state index contributed by atoms with van der Waals surface area (Å²) in [6.45, 7) is 0.254. The fourth-order valence-corrected chi connectivity index (χ4v) is 4.94. The molecule has 2 heterocycles. The van der Waals surface area contributed by atoms with Crippen molar-refractivity contribution in [1.82, 2.24) is 10.3 Å². The molecule has 3 N–H and O–H groups in total. The van der Waals surface area contributed by atoms with Gasteiger partial charge in [-0.2, -0.15) is 0 Å². The molecule has 28 heavy (non-hydrogen) atoms. The van der Waals surface area contributed by atoms with E-state index in [1.54, 1.807) is 30.3 Å². The van der Waals surface area contributed by atoms with Crippen molar-refractivity contribution < 1.29 is 4.79 Å². The van der Waals surface area contributed by atoms with Crippen LogP contribution in [0.15, 0.2) is 34.6 Å². The Bertz CT molecular complexity index is 894. The van der Waals surface area contributed by atoms with Gasteiger partial charge in [0.1, 0.15) is 6.04 Å². The number of rotatable bonds is 6. The number of carbonyl (C=O) groups excluding carboxylic acids is 1. The normalized spacial score (nSPS) is 19.9. The molecule has 0 radical (unpaired) electrons. The number of carbonyl (C=O) groups is 1. The topological polar surface area (TPSA) is 83.1 Å². The van der Waals surface area contributed by atoms with E-state index in [1.165, 1.54) is 11.3 Å². The summed E-state index contributed by atoms with van der Waals surface area (Å²) >= 11 is 25.9. The Morgan fingerprint density at radius 2 is 2.11 bits per heavy atom. The first-order chi connectivity index (χ1) is 13.3. The van der Waals surface area contributed by atoms with Crippen LogP contribution in [0.1, 0.15) is 26.8 Å². The van der Waals surface area contributed by atoms with Crippen LogP contribution < -0.4 is 11.1 Å². The van der Waals surface area contributed by atoms with Crippen LogP contribution in [-0.4, -0.2) is 36.1 Å². The molecule has 150 valence electrons. The van der Waals surface area contributed by atoms with Crippen molar-refractivity contribution in [2.75, 3.05) is 13.6 Å². The molecular formula is C17H17Cl4N5OS. The van der Waals surface area contributed by atoms with Crippen LogP contribution in [0.5, 0.6) is 0 Å². The van der Waals surface area contributed by atoms with Gasteiger partial charge in [0.2, 0.25) is 0 Å².